The van der Waals surface area contributed by atoms with Crippen LogP contribution in [-0.2, 0) is 0 Å². The van der Waals surface area contributed by atoms with E-state index in [4.69, 9.17) is 0 Å². The quantitative estimate of drug-likeness (QED) is 0.201. The van der Waals surface area contributed by atoms with E-state index in [0.717, 1.165) is 0 Å². The number of fused-ring (bicyclic) bond motifs is 8. The molecule has 32 heavy (non-hydrogen) atoms. The summed E-state index contributed by atoms with van der Waals surface area (Å²) >= 11 is 6.08. The molecule has 0 amide bonds. The van der Waals surface area contributed by atoms with Crippen LogP contribution in [0.5, 0.6) is 0 Å². The molecule has 0 saturated heterocycles. The van der Waals surface area contributed by atoms with E-state index >= 15 is 0 Å². The van der Waals surface area contributed by atoms with Crippen molar-refractivity contribution < 1.29 is 0 Å². The van der Waals surface area contributed by atoms with Gasteiger partial charge < -0.3 is 4.57 Å². The van der Waals surface area contributed by atoms with Gasteiger partial charge in [0.15, 0.2) is 0 Å². The van der Waals surface area contributed by atoms with E-state index in [1.165, 1.54) is 59.1 Å². The van der Waals surface area contributed by atoms with Gasteiger partial charge >= 0.3 is 0 Å². The highest BCUT2D eigenvalue weighted by atomic mass is 79.9. The lowest BCUT2D eigenvalue weighted by molar-refractivity contribution is 0.753. The van der Waals surface area contributed by atoms with Crippen molar-refractivity contribution in [2.24, 2.45) is 0 Å². The highest BCUT2D eigenvalue weighted by Crippen LogP contribution is 2.58. The summed E-state index contributed by atoms with van der Waals surface area (Å²) in [6, 6.07) is 33.1. The van der Waals surface area contributed by atoms with Crippen molar-refractivity contribution in [1.29, 1.82) is 0 Å². The lowest BCUT2D eigenvalue weighted by atomic mass is 9.84. The van der Waals surface area contributed by atoms with Crippen LogP contribution in [-0.4, -0.2) is 4.57 Å². The summed E-state index contributed by atoms with van der Waals surface area (Å²) in [5, 5.41) is 5.29. The lowest BCUT2D eigenvalue weighted by Gasteiger charge is -2.27. The Hall–Kier alpha value is -2.88. The van der Waals surface area contributed by atoms with Crippen molar-refractivity contribution in [3.8, 4) is 16.3 Å². The Balaban J connectivity index is 1.70. The van der Waals surface area contributed by atoms with E-state index in [-0.39, 0.29) is 4.83 Å². The fraction of sp³-hybridized carbons (Fsp3) is 0.103. The maximum absolute atomic E-state index is 4.14. The molecule has 0 saturated carbocycles. The van der Waals surface area contributed by atoms with E-state index in [9.17, 15) is 0 Å². The Morgan fingerprint density at radius 1 is 0.719 bits per heavy atom. The Bertz CT molecular complexity index is 1670. The number of halogens is 1. The molecule has 0 spiro atoms. The number of alkyl halides is 1. The fourth-order valence-electron chi connectivity index (χ4n) is 5.51. The van der Waals surface area contributed by atoms with Crippen LogP contribution in [0.3, 0.4) is 0 Å². The largest absolute Gasteiger partial charge is 0.307 e. The molecule has 0 aliphatic heterocycles. The summed E-state index contributed by atoms with van der Waals surface area (Å²) in [6.45, 7) is 2.37. The first-order chi connectivity index (χ1) is 15.7. The Kier molecular flexibility index (Phi) is 3.97. The van der Waals surface area contributed by atoms with Gasteiger partial charge in [0.2, 0.25) is 0 Å². The minimum absolute atomic E-state index is 0.268. The van der Waals surface area contributed by atoms with Crippen LogP contribution in [0.25, 0.3) is 48.0 Å². The topological polar surface area (TPSA) is 4.93 Å². The highest BCUT2D eigenvalue weighted by Gasteiger charge is 2.37. The van der Waals surface area contributed by atoms with Gasteiger partial charge in [0, 0.05) is 25.9 Å². The van der Waals surface area contributed by atoms with Gasteiger partial charge in [0.25, 0.3) is 0 Å². The Morgan fingerprint density at radius 3 is 2.28 bits per heavy atom. The second kappa shape index (κ2) is 6.81. The molecule has 1 nitrogen and oxygen atoms in total. The first-order valence-electron chi connectivity index (χ1n) is 11.0. The third-order valence-electron chi connectivity index (χ3n) is 6.94. The minimum atomic E-state index is 0.268. The van der Waals surface area contributed by atoms with Crippen LogP contribution in [0.15, 0.2) is 91.0 Å². The van der Waals surface area contributed by atoms with Crippen LogP contribution in [0.1, 0.15) is 28.8 Å². The van der Waals surface area contributed by atoms with Crippen LogP contribution in [0.4, 0.5) is 0 Å². The SMILES string of the molecule is CC1c2c(sc3ccccc23)-c2c(c3ccccc3n2-c2cccc3ccccc23)C1Br. The van der Waals surface area contributed by atoms with Crippen LogP contribution < -0.4 is 0 Å². The van der Waals surface area contributed by atoms with Crippen molar-refractivity contribution in [2.45, 2.75) is 17.7 Å². The zero-order chi connectivity index (χ0) is 21.4. The van der Waals surface area contributed by atoms with Gasteiger partial charge in [-0.3, -0.25) is 0 Å². The number of rotatable bonds is 1. The summed E-state index contributed by atoms with van der Waals surface area (Å²) < 4.78 is 3.88. The van der Waals surface area contributed by atoms with Crippen LogP contribution in [0.2, 0.25) is 0 Å². The molecule has 3 heteroatoms. The number of hydrogen-bond acceptors (Lipinski definition) is 1. The maximum atomic E-state index is 4.14. The van der Waals surface area contributed by atoms with Gasteiger partial charge in [-0.05, 0) is 40.5 Å². The minimum Gasteiger partial charge on any atom is -0.307 e. The molecule has 0 N–H and O–H groups in total. The molecule has 0 radical (unpaired) electrons. The lowest BCUT2D eigenvalue weighted by Crippen LogP contribution is -2.11. The van der Waals surface area contributed by atoms with Crippen LogP contribution >= 0.6 is 27.3 Å². The predicted molar refractivity (Wildman–Crippen MR) is 142 cm³/mol. The fourth-order valence-corrected chi connectivity index (χ4v) is 7.60. The number of benzene rings is 4. The molecule has 7 rings (SSSR count). The van der Waals surface area contributed by atoms with E-state index in [1.807, 2.05) is 11.3 Å². The molecule has 1 aliphatic rings. The van der Waals surface area contributed by atoms with Gasteiger partial charge in [-0.25, -0.2) is 0 Å². The average molecular weight is 494 g/mol. The first-order valence-corrected chi connectivity index (χ1v) is 12.7. The van der Waals surface area contributed by atoms with Gasteiger partial charge in [-0.1, -0.05) is 95.7 Å². The number of thiophene rings is 1. The average Bonchev–Trinajstić information content (AvgIpc) is 3.39. The number of hydrogen-bond donors (Lipinski definition) is 0. The molecule has 2 aromatic heterocycles. The normalized spacial score (nSPS) is 17.7. The molecular weight excluding hydrogens is 474 g/mol. The number of aromatic nitrogens is 1. The monoisotopic (exact) mass is 493 g/mol. The summed E-state index contributed by atoms with van der Waals surface area (Å²) in [7, 11) is 0. The first kappa shape index (κ1) is 18.7. The van der Waals surface area contributed by atoms with Crippen molar-refractivity contribution in [3.63, 3.8) is 0 Å². The molecule has 2 heterocycles. The van der Waals surface area contributed by atoms with Crippen LogP contribution in [0, 0.1) is 0 Å². The Morgan fingerprint density at radius 2 is 1.41 bits per heavy atom. The van der Waals surface area contributed by atoms with Crippen molar-refractivity contribution in [1.82, 2.24) is 4.57 Å². The van der Waals surface area contributed by atoms with E-state index in [0.29, 0.717) is 5.92 Å². The highest BCUT2D eigenvalue weighted by molar-refractivity contribution is 9.09. The molecule has 0 fully saturated rings. The molecule has 2 unspecified atom stereocenters. The van der Waals surface area contributed by atoms with Gasteiger partial charge in [0.1, 0.15) is 0 Å². The molecule has 0 bridgehead atoms. The zero-order valence-electron chi connectivity index (χ0n) is 17.5. The molecule has 154 valence electrons. The van der Waals surface area contributed by atoms with E-state index < -0.39 is 0 Å². The second-order valence-electron chi connectivity index (χ2n) is 8.64. The maximum Gasteiger partial charge on any atom is 0.0688 e. The summed E-state index contributed by atoms with van der Waals surface area (Å²) in [6.07, 6.45) is 0. The van der Waals surface area contributed by atoms with Gasteiger partial charge in [-0.2, -0.15) is 0 Å². The molecule has 4 aromatic carbocycles. The van der Waals surface area contributed by atoms with E-state index in [1.54, 1.807) is 0 Å². The number of nitrogens with zero attached hydrogens (tertiary/aromatic N) is 1. The molecular formula is C29H20BrNS. The third kappa shape index (κ3) is 2.38. The van der Waals surface area contributed by atoms with Crippen molar-refractivity contribution in [2.75, 3.05) is 0 Å². The predicted octanol–water partition coefficient (Wildman–Crippen LogP) is 9.22. The summed E-state index contributed by atoms with van der Waals surface area (Å²) in [5.41, 5.74) is 6.76. The standard InChI is InChI=1S/C29H20BrNS/c1-17-25-21-13-5-7-16-24(21)32-29(25)28-26(27(17)30)20-12-4-6-14-23(20)31(28)22-15-8-10-18-9-2-3-11-19(18)22/h2-17,27H,1H3. The molecule has 6 aromatic rings. The van der Waals surface area contributed by atoms with Gasteiger partial charge in [-0.15, -0.1) is 11.3 Å². The van der Waals surface area contributed by atoms with Crippen molar-refractivity contribution >= 4 is 59.0 Å². The zero-order valence-corrected chi connectivity index (χ0v) is 20.0. The second-order valence-corrected chi connectivity index (χ2v) is 10.7. The third-order valence-corrected chi connectivity index (χ3v) is 9.38. The van der Waals surface area contributed by atoms with E-state index in [2.05, 4.69) is 118 Å². The molecule has 2 atom stereocenters. The molecule has 1 aliphatic carbocycles. The smallest absolute Gasteiger partial charge is 0.0688 e. The summed E-state index contributed by atoms with van der Waals surface area (Å²) in [5.74, 6) is 0.403. The van der Waals surface area contributed by atoms with Gasteiger partial charge in [0.05, 0.1) is 21.8 Å². The van der Waals surface area contributed by atoms with Crippen molar-refractivity contribution in [3.05, 3.63) is 102 Å². The summed E-state index contributed by atoms with van der Waals surface area (Å²) in [4.78, 5) is 1.68. The number of para-hydroxylation sites is 1. The Labute approximate surface area is 199 Å².